The second-order valence-electron chi connectivity index (χ2n) is 12.5. The third-order valence-electron chi connectivity index (χ3n) is 8.61. The highest BCUT2D eigenvalue weighted by Crippen LogP contribution is 2.35. The van der Waals surface area contributed by atoms with E-state index in [2.05, 4.69) is 17.6 Å². The maximum atomic E-state index is 13.6. The van der Waals surface area contributed by atoms with Gasteiger partial charge in [-0.15, -0.1) is 0 Å². The van der Waals surface area contributed by atoms with Crippen molar-refractivity contribution in [2.45, 2.75) is 120 Å². The van der Waals surface area contributed by atoms with Crippen LogP contribution in [0.25, 0.3) is 0 Å². The molecule has 0 radical (unpaired) electrons. The molecule has 0 saturated heterocycles. The SMILES string of the molecule is CCCCCCCCCCCCCCCc1cccc(S(=O)(=O)C(CC)C(=O)Nc2cc(O)c(NC(=O)c3ccc(Cl)c(Cl)c3)cc2Cl)c1. The maximum Gasteiger partial charge on any atom is 0.255 e. The molecule has 0 saturated carbocycles. The Labute approximate surface area is 307 Å². The quantitative estimate of drug-likeness (QED) is 0.0741. The van der Waals surface area contributed by atoms with Crippen LogP contribution in [0.15, 0.2) is 59.5 Å². The lowest BCUT2D eigenvalue weighted by Crippen LogP contribution is -2.34. The topological polar surface area (TPSA) is 113 Å². The second-order valence-corrected chi connectivity index (χ2v) is 15.9. The second kappa shape index (κ2) is 20.8. The summed E-state index contributed by atoms with van der Waals surface area (Å²) in [5.74, 6) is -1.74. The van der Waals surface area contributed by atoms with Gasteiger partial charge in [-0.05, 0) is 61.2 Å². The van der Waals surface area contributed by atoms with Gasteiger partial charge in [0.15, 0.2) is 9.84 Å². The van der Waals surface area contributed by atoms with Crippen LogP contribution in [0.5, 0.6) is 5.75 Å². The van der Waals surface area contributed by atoms with Crippen molar-refractivity contribution in [3.8, 4) is 5.75 Å². The van der Waals surface area contributed by atoms with Crippen LogP contribution in [-0.2, 0) is 21.1 Å². The van der Waals surface area contributed by atoms with E-state index >= 15 is 0 Å². The number of sulfone groups is 1. The van der Waals surface area contributed by atoms with Gasteiger partial charge >= 0.3 is 0 Å². The van der Waals surface area contributed by atoms with Crippen LogP contribution in [0.1, 0.15) is 120 Å². The number of carbonyl (C=O) groups excluding carboxylic acids is 2. The Morgan fingerprint density at radius 3 is 1.90 bits per heavy atom. The third-order valence-corrected chi connectivity index (χ3v) is 11.9. The van der Waals surface area contributed by atoms with Crippen molar-refractivity contribution >= 4 is 67.8 Å². The lowest BCUT2D eigenvalue weighted by atomic mass is 10.0. The lowest BCUT2D eigenvalue weighted by molar-refractivity contribution is -0.115. The Balaban J connectivity index is 1.52. The van der Waals surface area contributed by atoms with Crippen LogP contribution in [0.4, 0.5) is 11.4 Å². The Morgan fingerprint density at radius 2 is 1.31 bits per heavy atom. The smallest absolute Gasteiger partial charge is 0.255 e. The van der Waals surface area contributed by atoms with Gasteiger partial charge in [0.1, 0.15) is 11.0 Å². The highest BCUT2D eigenvalue weighted by molar-refractivity contribution is 7.92. The molecule has 3 aromatic rings. The number of phenols is 1. The number of unbranched alkanes of at least 4 members (excludes halogenated alkanes) is 12. The maximum absolute atomic E-state index is 13.6. The van der Waals surface area contributed by atoms with Crippen LogP contribution in [0.2, 0.25) is 15.1 Å². The van der Waals surface area contributed by atoms with Crippen molar-refractivity contribution in [1.82, 2.24) is 0 Å². The van der Waals surface area contributed by atoms with Crippen molar-refractivity contribution < 1.29 is 23.1 Å². The van der Waals surface area contributed by atoms with E-state index in [9.17, 15) is 23.1 Å². The predicted octanol–water partition coefficient (Wildman–Crippen LogP) is 11.4. The van der Waals surface area contributed by atoms with E-state index in [1.165, 1.54) is 101 Å². The molecular weight excluding hydrogens is 703 g/mol. The van der Waals surface area contributed by atoms with E-state index in [1.807, 2.05) is 6.07 Å². The summed E-state index contributed by atoms with van der Waals surface area (Å²) in [6, 6.07) is 13.6. The van der Waals surface area contributed by atoms with Gasteiger partial charge in [0.2, 0.25) is 5.91 Å². The predicted molar refractivity (Wildman–Crippen MR) is 203 cm³/mol. The average molecular weight is 752 g/mol. The molecule has 1 unspecified atom stereocenters. The molecule has 0 aromatic heterocycles. The summed E-state index contributed by atoms with van der Waals surface area (Å²) in [5, 5.41) is 14.8. The van der Waals surface area contributed by atoms with Gasteiger partial charge in [-0.1, -0.05) is 138 Å². The molecule has 49 heavy (non-hydrogen) atoms. The van der Waals surface area contributed by atoms with Gasteiger partial charge in [0, 0.05) is 11.6 Å². The number of anilines is 2. The molecule has 7 nitrogen and oxygen atoms in total. The van der Waals surface area contributed by atoms with Crippen molar-refractivity contribution in [2.75, 3.05) is 10.6 Å². The van der Waals surface area contributed by atoms with E-state index in [0.717, 1.165) is 30.9 Å². The molecule has 0 aliphatic rings. The summed E-state index contributed by atoms with van der Waals surface area (Å²) in [7, 11) is -4.03. The first-order chi connectivity index (χ1) is 23.5. The van der Waals surface area contributed by atoms with Crippen molar-refractivity contribution in [1.29, 1.82) is 0 Å². The standard InChI is InChI=1S/C38H49Cl3N2O5S/c1-3-5-6-7-8-9-10-11-12-13-14-15-16-18-27-19-17-20-29(23-27)49(47,48)36(4-2)38(46)42-33-26-35(44)34(25-32(33)41)43-37(45)28-21-22-30(39)31(40)24-28/h17,19-26,36,44H,3-16,18H2,1-2H3,(H,42,46)(H,43,45). The van der Waals surface area contributed by atoms with Gasteiger partial charge in [-0.25, -0.2) is 8.42 Å². The van der Waals surface area contributed by atoms with E-state index in [0.29, 0.717) is 0 Å². The first-order valence-electron chi connectivity index (χ1n) is 17.4. The van der Waals surface area contributed by atoms with Gasteiger partial charge in [-0.3, -0.25) is 9.59 Å². The zero-order valence-corrected chi connectivity index (χ0v) is 31.6. The molecular formula is C38H49Cl3N2O5S. The molecule has 3 N–H and O–H groups in total. The first kappa shape index (κ1) is 40.6. The normalized spacial score (nSPS) is 12.1. The minimum atomic E-state index is -4.03. The van der Waals surface area contributed by atoms with Gasteiger partial charge in [0.25, 0.3) is 5.91 Å². The zero-order valence-electron chi connectivity index (χ0n) is 28.5. The van der Waals surface area contributed by atoms with Gasteiger partial charge < -0.3 is 15.7 Å². The minimum absolute atomic E-state index is 0.00140. The fraction of sp³-hybridized carbons (Fsp3) is 0.474. The van der Waals surface area contributed by atoms with Crippen LogP contribution < -0.4 is 10.6 Å². The fourth-order valence-corrected chi connectivity index (χ4v) is 7.94. The van der Waals surface area contributed by atoms with Crippen molar-refractivity contribution in [2.24, 2.45) is 0 Å². The Bertz CT molecular complexity index is 1650. The number of nitrogens with one attached hydrogen (secondary N) is 2. The van der Waals surface area contributed by atoms with Crippen LogP contribution in [0, 0.1) is 0 Å². The van der Waals surface area contributed by atoms with Gasteiger partial charge in [0.05, 0.1) is 31.3 Å². The lowest BCUT2D eigenvalue weighted by Gasteiger charge is -2.18. The van der Waals surface area contributed by atoms with E-state index in [4.69, 9.17) is 34.8 Å². The molecule has 0 heterocycles. The molecule has 3 rings (SSSR count). The molecule has 0 bridgehead atoms. The fourth-order valence-electron chi connectivity index (χ4n) is 5.74. The number of benzene rings is 3. The van der Waals surface area contributed by atoms with Crippen LogP contribution in [0.3, 0.4) is 0 Å². The number of hydrogen-bond acceptors (Lipinski definition) is 5. The van der Waals surface area contributed by atoms with Crippen LogP contribution >= 0.6 is 34.8 Å². The number of aryl methyl sites for hydroxylation is 1. The molecule has 1 atom stereocenters. The largest absolute Gasteiger partial charge is 0.506 e. The zero-order chi connectivity index (χ0) is 35.8. The highest BCUT2D eigenvalue weighted by Gasteiger charge is 2.33. The van der Waals surface area contributed by atoms with Crippen molar-refractivity contribution in [3.63, 3.8) is 0 Å². The third kappa shape index (κ3) is 12.8. The highest BCUT2D eigenvalue weighted by atomic mass is 35.5. The molecule has 0 aliphatic carbocycles. The summed E-state index contributed by atoms with van der Waals surface area (Å²) >= 11 is 18.3. The monoisotopic (exact) mass is 750 g/mol. The molecule has 3 aromatic carbocycles. The Hall–Kier alpha value is -2.78. The molecule has 11 heteroatoms. The molecule has 268 valence electrons. The molecule has 0 fully saturated rings. The summed E-state index contributed by atoms with van der Waals surface area (Å²) in [4.78, 5) is 26.1. The van der Waals surface area contributed by atoms with Crippen molar-refractivity contribution in [3.05, 3.63) is 80.8 Å². The minimum Gasteiger partial charge on any atom is -0.506 e. The van der Waals surface area contributed by atoms with E-state index < -0.39 is 26.9 Å². The average Bonchev–Trinajstić information content (AvgIpc) is 3.07. The molecule has 0 spiro atoms. The van der Waals surface area contributed by atoms with Crippen LogP contribution in [-0.4, -0.2) is 30.6 Å². The number of rotatable bonds is 21. The molecule has 0 aliphatic heterocycles. The van der Waals surface area contributed by atoms with E-state index in [-0.39, 0.29) is 49.1 Å². The first-order valence-corrected chi connectivity index (χ1v) is 20.1. The number of carbonyl (C=O) groups is 2. The number of amides is 2. The number of aromatic hydroxyl groups is 1. The van der Waals surface area contributed by atoms with Gasteiger partial charge in [-0.2, -0.15) is 0 Å². The van der Waals surface area contributed by atoms with E-state index in [1.54, 1.807) is 19.1 Å². The summed E-state index contributed by atoms with van der Waals surface area (Å²) in [5.41, 5.74) is 1.11. The Kier molecular flexibility index (Phi) is 17.2. The number of phenolic OH excluding ortho intramolecular Hbond substituents is 1. The Morgan fingerprint density at radius 1 is 0.694 bits per heavy atom. The number of halogens is 3. The summed E-state index contributed by atoms with van der Waals surface area (Å²) in [6.07, 6.45) is 17.3. The molecule has 2 amide bonds. The summed E-state index contributed by atoms with van der Waals surface area (Å²) < 4.78 is 27.3. The summed E-state index contributed by atoms with van der Waals surface area (Å²) in [6.45, 7) is 3.87. The number of hydrogen-bond donors (Lipinski definition) is 3.